The number of benzene rings is 1. The van der Waals surface area contributed by atoms with Crippen LogP contribution in [0.4, 0.5) is 11.4 Å². The highest BCUT2D eigenvalue weighted by Gasteiger charge is 2.50. The largest absolute Gasteiger partial charge is 0.273 e. The van der Waals surface area contributed by atoms with Crippen LogP contribution in [0.2, 0.25) is 0 Å². The number of imide groups is 1. The van der Waals surface area contributed by atoms with Gasteiger partial charge in [-0.15, -0.1) is 23.5 Å². The molecule has 1 aromatic carbocycles. The number of fused-ring (bicyclic) bond motifs is 1. The number of carbonyl (C=O) groups is 2. The molecule has 104 valence electrons. The predicted molar refractivity (Wildman–Crippen MR) is 78.1 cm³/mol. The van der Waals surface area contributed by atoms with Crippen LogP contribution in [-0.2, 0) is 9.59 Å². The van der Waals surface area contributed by atoms with Crippen LogP contribution in [0, 0.1) is 10.1 Å². The summed E-state index contributed by atoms with van der Waals surface area (Å²) in [6, 6.07) is 5.64. The van der Waals surface area contributed by atoms with Gasteiger partial charge < -0.3 is 0 Å². The van der Waals surface area contributed by atoms with Crippen molar-refractivity contribution in [3.63, 3.8) is 0 Å². The van der Waals surface area contributed by atoms with Crippen molar-refractivity contribution in [2.75, 3.05) is 16.4 Å². The van der Waals surface area contributed by atoms with E-state index in [-0.39, 0.29) is 33.7 Å². The lowest BCUT2D eigenvalue weighted by atomic mass is 10.2. The maximum Gasteiger partial charge on any atom is 0.271 e. The van der Waals surface area contributed by atoms with Gasteiger partial charge in [-0.2, -0.15) is 0 Å². The number of nitro benzene ring substituents is 1. The topological polar surface area (TPSA) is 80.5 Å². The first kappa shape index (κ1) is 13.4. The molecule has 3 rings (SSSR count). The molecule has 8 heteroatoms. The molecule has 0 N–H and O–H groups in total. The molecule has 2 unspecified atom stereocenters. The summed E-state index contributed by atoms with van der Waals surface area (Å²) in [6.45, 7) is 0. The van der Waals surface area contributed by atoms with Crippen molar-refractivity contribution in [3.8, 4) is 0 Å². The Balaban J connectivity index is 1.97. The Morgan fingerprint density at radius 2 is 1.75 bits per heavy atom. The van der Waals surface area contributed by atoms with E-state index in [0.29, 0.717) is 0 Å². The summed E-state index contributed by atoms with van der Waals surface area (Å²) in [7, 11) is 0. The van der Waals surface area contributed by atoms with Crippen LogP contribution in [-0.4, -0.2) is 38.7 Å². The average molecular weight is 310 g/mol. The highest BCUT2D eigenvalue weighted by atomic mass is 32.2. The molecule has 2 atom stereocenters. The summed E-state index contributed by atoms with van der Waals surface area (Å²) in [6.07, 6.45) is 0. The quantitative estimate of drug-likeness (QED) is 0.470. The second-order valence-corrected chi connectivity index (χ2v) is 6.87. The zero-order chi connectivity index (χ0) is 14.3. The molecular formula is C12H10N2O4S2. The number of amides is 2. The third-order valence-electron chi connectivity index (χ3n) is 3.18. The zero-order valence-electron chi connectivity index (χ0n) is 10.2. The van der Waals surface area contributed by atoms with Crippen molar-refractivity contribution in [2.45, 2.75) is 10.5 Å². The second-order valence-electron chi connectivity index (χ2n) is 4.37. The minimum absolute atomic E-state index is 0.127. The highest BCUT2D eigenvalue weighted by molar-refractivity contribution is 8.08. The summed E-state index contributed by atoms with van der Waals surface area (Å²) >= 11 is 2.98. The van der Waals surface area contributed by atoms with Gasteiger partial charge in [-0.05, 0) is 6.07 Å². The van der Waals surface area contributed by atoms with Crippen molar-refractivity contribution in [1.82, 2.24) is 0 Å². The van der Waals surface area contributed by atoms with Crippen LogP contribution in [0.15, 0.2) is 24.3 Å². The van der Waals surface area contributed by atoms with Gasteiger partial charge in [0.25, 0.3) is 5.69 Å². The average Bonchev–Trinajstić information content (AvgIpc) is 2.72. The lowest BCUT2D eigenvalue weighted by molar-refractivity contribution is -0.384. The molecule has 0 spiro atoms. The fourth-order valence-corrected chi connectivity index (χ4v) is 5.12. The Morgan fingerprint density at radius 1 is 1.15 bits per heavy atom. The maximum atomic E-state index is 12.3. The van der Waals surface area contributed by atoms with Gasteiger partial charge in [0.05, 0.1) is 10.6 Å². The SMILES string of the molecule is O=C1C2SCCSC2C(=O)N1c1cccc([N+](=O)[O-])c1. The summed E-state index contributed by atoms with van der Waals surface area (Å²) in [4.78, 5) is 36.0. The van der Waals surface area contributed by atoms with Gasteiger partial charge in [0, 0.05) is 23.6 Å². The number of non-ortho nitro benzene ring substituents is 1. The van der Waals surface area contributed by atoms with Crippen molar-refractivity contribution in [1.29, 1.82) is 0 Å². The molecule has 6 nitrogen and oxygen atoms in total. The van der Waals surface area contributed by atoms with Crippen LogP contribution in [0.25, 0.3) is 0 Å². The molecule has 2 fully saturated rings. The van der Waals surface area contributed by atoms with Crippen LogP contribution < -0.4 is 4.90 Å². The number of carbonyl (C=O) groups excluding carboxylic acids is 2. The number of hydrogen-bond acceptors (Lipinski definition) is 6. The Labute approximate surface area is 123 Å². The summed E-state index contributed by atoms with van der Waals surface area (Å²) < 4.78 is 0. The van der Waals surface area contributed by atoms with E-state index in [0.717, 1.165) is 16.4 Å². The molecule has 2 aliphatic heterocycles. The Bertz CT molecular complexity index is 583. The van der Waals surface area contributed by atoms with Crippen LogP contribution in [0.3, 0.4) is 0 Å². The predicted octanol–water partition coefficient (Wildman–Crippen LogP) is 1.69. The van der Waals surface area contributed by atoms with E-state index in [1.807, 2.05) is 0 Å². The van der Waals surface area contributed by atoms with E-state index in [4.69, 9.17) is 0 Å². The zero-order valence-corrected chi connectivity index (χ0v) is 11.9. The first-order valence-electron chi connectivity index (χ1n) is 5.95. The highest BCUT2D eigenvalue weighted by Crippen LogP contribution is 2.40. The number of hydrogen-bond donors (Lipinski definition) is 0. The minimum atomic E-state index is -0.537. The molecule has 2 amide bonds. The summed E-state index contributed by atoms with van der Waals surface area (Å²) in [5, 5.41) is 10.1. The van der Waals surface area contributed by atoms with E-state index in [9.17, 15) is 19.7 Å². The fraction of sp³-hybridized carbons (Fsp3) is 0.333. The van der Waals surface area contributed by atoms with Gasteiger partial charge in [0.15, 0.2) is 0 Å². The molecule has 2 saturated heterocycles. The number of nitrogens with zero attached hydrogens (tertiary/aromatic N) is 2. The van der Waals surface area contributed by atoms with Crippen molar-refractivity contribution >= 4 is 46.7 Å². The van der Waals surface area contributed by atoms with E-state index in [2.05, 4.69) is 0 Å². The third-order valence-corrected chi connectivity index (χ3v) is 6.16. The fourth-order valence-electron chi connectivity index (χ4n) is 2.29. The summed E-state index contributed by atoms with van der Waals surface area (Å²) in [5.41, 5.74) is 0.156. The molecule has 1 aromatic rings. The first-order chi connectivity index (χ1) is 9.59. The van der Waals surface area contributed by atoms with Crippen molar-refractivity contribution < 1.29 is 14.5 Å². The molecule has 0 saturated carbocycles. The molecule has 0 bridgehead atoms. The van der Waals surface area contributed by atoms with Crippen molar-refractivity contribution in [2.24, 2.45) is 0 Å². The normalized spacial score (nSPS) is 25.7. The van der Waals surface area contributed by atoms with Gasteiger partial charge in [0.1, 0.15) is 10.5 Å². The van der Waals surface area contributed by atoms with Crippen LogP contribution in [0.5, 0.6) is 0 Å². The molecule has 0 aliphatic carbocycles. The van der Waals surface area contributed by atoms with Gasteiger partial charge in [0.2, 0.25) is 11.8 Å². The molecule has 0 radical (unpaired) electrons. The Kier molecular flexibility index (Phi) is 3.43. The molecule has 0 aromatic heterocycles. The van der Waals surface area contributed by atoms with Gasteiger partial charge in [-0.1, -0.05) is 6.07 Å². The lowest BCUT2D eigenvalue weighted by Crippen LogP contribution is -2.31. The number of thioether (sulfide) groups is 2. The lowest BCUT2D eigenvalue weighted by Gasteiger charge is -2.19. The van der Waals surface area contributed by atoms with Crippen molar-refractivity contribution in [3.05, 3.63) is 34.4 Å². The van der Waals surface area contributed by atoms with E-state index in [1.54, 1.807) is 6.07 Å². The Morgan fingerprint density at radius 3 is 2.30 bits per heavy atom. The van der Waals surface area contributed by atoms with Gasteiger partial charge in [-0.25, -0.2) is 4.90 Å². The van der Waals surface area contributed by atoms with E-state index >= 15 is 0 Å². The molecule has 2 heterocycles. The second kappa shape index (κ2) is 5.10. The first-order valence-corrected chi connectivity index (χ1v) is 8.05. The molecule has 20 heavy (non-hydrogen) atoms. The third kappa shape index (κ3) is 2.08. The number of rotatable bonds is 2. The van der Waals surface area contributed by atoms with Crippen LogP contribution in [0.1, 0.15) is 0 Å². The molecular weight excluding hydrogens is 300 g/mol. The van der Waals surface area contributed by atoms with E-state index in [1.165, 1.54) is 41.7 Å². The molecule has 2 aliphatic rings. The smallest absolute Gasteiger partial charge is 0.271 e. The Hall–Kier alpha value is -1.54. The van der Waals surface area contributed by atoms with Crippen LogP contribution >= 0.6 is 23.5 Å². The number of anilines is 1. The maximum absolute atomic E-state index is 12.3. The monoisotopic (exact) mass is 310 g/mol. The van der Waals surface area contributed by atoms with Gasteiger partial charge >= 0.3 is 0 Å². The summed E-state index contributed by atoms with van der Waals surface area (Å²) in [5.74, 6) is 1.15. The minimum Gasteiger partial charge on any atom is -0.273 e. The number of nitro groups is 1. The standard InChI is InChI=1S/C12H10N2O4S2/c15-11-9-10(20-5-4-19-9)12(16)13(11)7-2-1-3-8(6-7)14(17)18/h1-3,6,9-10H,4-5H2. The van der Waals surface area contributed by atoms with E-state index < -0.39 is 4.92 Å². The van der Waals surface area contributed by atoms with Gasteiger partial charge in [-0.3, -0.25) is 19.7 Å².